The molecule has 4 rings (SSSR count). The third-order valence-electron chi connectivity index (χ3n) is 5.00. The van der Waals surface area contributed by atoms with Crippen LogP contribution in [-0.2, 0) is 4.79 Å². The number of nitrogens with one attached hydrogen (secondary N) is 1. The van der Waals surface area contributed by atoms with E-state index in [1.165, 1.54) is 0 Å². The number of hydrogen-bond donors (Lipinski definition) is 2. The molecule has 3 aromatic rings. The number of alkyl halides is 3. The first-order chi connectivity index (χ1) is 14.2. The van der Waals surface area contributed by atoms with Crippen LogP contribution >= 0.6 is 0 Å². The van der Waals surface area contributed by atoms with Gasteiger partial charge in [-0.3, -0.25) is 9.78 Å². The minimum Gasteiger partial charge on any atom is -0.389 e. The number of likely N-dealkylation sites (tertiary alicyclic amines) is 1. The lowest BCUT2D eigenvalue weighted by Gasteiger charge is -2.36. The van der Waals surface area contributed by atoms with Crippen LogP contribution in [0.4, 0.5) is 19.1 Å². The molecule has 1 fully saturated rings. The molecule has 0 radical (unpaired) electrons. The second kappa shape index (κ2) is 7.56. The zero-order chi connectivity index (χ0) is 21.5. The second-order valence-corrected chi connectivity index (χ2v) is 7.21. The van der Waals surface area contributed by atoms with Crippen molar-refractivity contribution in [2.45, 2.75) is 31.7 Å². The Hall–Kier alpha value is -3.21. The average molecular weight is 420 g/mol. The molecule has 158 valence electrons. The lowest BCUT2D eigenvalue weighted by atomic mass is 10.0. The number of nitrogens with zero attached hydrogens (tertiary/aromatic N) is 5. The molecular formula is C19H19F3N6O2. The van der Waals surface area contributed by atoms with Crippen molar-refractivity contribution in [3.8, 4) is 11.4 Å². The first-order valence-electron chi connectivity index (χ1n) is 9.31. The average Bonchev–Trinajstić information content (AvgIpc) is 3.12. The first-order valence-corrected chi connectivity index (χ1v) is 9.31. The summed E-state index contributed by atoms with van der Waals surface area (Å²) in [5, 5.41) is 17.7. The van der Waals surface area contributed by atoms with Crippen molar-refractivity contribution in [2.75, 3.05) is 18.4 Å². The number of amides is 1. The first kappa shape index (κ1) is 20.1. The van der Waals surface area contributed by atoms with E-state index in [2.05, 4.69) is 20.4 Å². The number of aliphatic hydroxyl groups excluding tert-OH is 1. The number of carbonyl (C=O) groups excluding carboxylic acids is 1. The number of carbonyl (C=O) groups is 1. The largest absolute Gasteiger partial charge is 0.471 e. The molecule has 0 aromatic carbocycles. The summed E-state index contributed by atoms with van der Waals surface area (Å²) in [6.07, 6.45) is -2.67. The summed E-state index contributed by atoms with van der Waals surface area (Å²) in [6, 6.07) is 6.94. The van der Waals surface area contributed by atoms with E-state index in [4.69, 9.17) is 0 Å². The summed E-state index contributed by atoms with van der Waals surface area (Å²) in [5.41, 5.74) is 3.25. The minimum absolute atomic E-state index is 0.127. The number of pyridine rings is 1. The predicted molar refractivity (Wildman–Crippen MR) is 102 cm³/mol. The van der Waals surface area contributed by atoms with Gasteiger partial charge in [0.2, 0.25) is 5.95 Å². The van der Waals surface area contributed by atoms with Crippen LogP contribution in [0.15, 0.2) is 36.7 Å². The predicted octanol–water partition coefficient (Wildman–Crippen LogP) is 2.04. The van der Waals surface area contributed by atoms with Crippen molar-refractivity contribution in [1.29, 1.82) is 0 Å². The van der Waals surface area contributed by atoms with Crippen molar-refractivity contribution >= 4 is 17.4 Å². The maximum Gasteiger partial charge on any atom is 0.471 e. The van der Waals surface area contributed by atoms with E-state index in [1.807, 2.05) is 31.2 Å². The van der Waals surface area contributed by atoms with Crippen LogP contribution in [0.5, 0.6) is 0 Å². The van der Waals surface area contributed by atoms with E-state index in [-0.39, 0.29) is 18.9 Å². The summed E-state index contributed by atoms with van der Waals surface area (Å²) >= 11 is 0. The smallest absolute Gasteiger partial charge is 0.389 e. The molecule has 0 bridgehead atoms. The molecule has 1 aliphatic rings. The monoisotopic (exact) mass is 420 g/mol. The van der Waals surface area contributed by atoms with Crippen molar-refractivity contribution < 1.29 is 23.1 Å². The van der Waals surface area contributed by atoms with Gasteiger partial charge in [0.15, 0.2) is 0 Å². The van der Waals surface area contributed by atoms with Gasteiger partial charge in [-0.25, -0.2) is 9.50 Å². The van der Waals surface area contributed by atoms with Crippen molar-refractivity contribution in [2.24, 2.45) is 0 Å². The number of β-amino-alcohol motifs (C(OH)–C–C–N with tert-alkyl or cyclic N) is 1. The molecule has 11 heteroatoms. The standard InChI is InChI=1S/C19H19F3N6O2/c1-11-2-4-13(23-8-11)15-5-3-12-9-24-18(26-28(12)15)25-14-6-7-27(10-16(14)29)17(30)19(20,21)22/h2-5,8-9,14,16,29H,6-7,10H2,1H3,(H,25,26)/t14-,16-/m1/s1. The number of rotatable bonds is 3. The van der Waals surface area contributed by atoms with Gasteiger partial charge in [0, 0.05) is 19.3 Å². The van der Waals surface area contributed by atoms with Crippen LogP contribution in [0.25, 0.3) is 16.9 Å². The highest BCUT2D eigenvalue weighted by atomic mass is 19.4. The summed E-state index contributed by atoms with van der Waals surface area (Å²) in [7, 11) is 0. The van der Waals surface area contributed by atoms with Gasteiger partial charge >= 0.3 is 12.1 Å². The third-order valence-corrected chi connectivity index (χ3v) is 5.00. The van der Waals surface area contributed by atoms with Gasteiger partial charge in [-0.05, 0) is 37.1 Å². The molecule has 8 nitrogen and oxygen atoms in total. The molecule has 1 saturated heterocycles. The maximum absolute atomic E-state index is 12.6. The Morgan fingerprint density at radius 3 is 2.67 bits per heavy atom. The number of aromatic nitrogens is 4. The number of halogens is 3. The molecular weight excluding hydrogens is 401 g/mol. The van der Waals surface area contributed by atoms with Crippen LogP contribution in [0.3, 0.4) is 0 Å². The quantitative estimate of drug-likeness (QED) is 0.673. The molecule has 30 heavy (non-hydrogen) atoms. The van der Waals surface area contributed by atoms with Gasteiger partial charge in [-0.15, -0.1) is 5.10 Å². The SMILES string of the molecule is Cc1ccc(-c2ccc3cnc(N[C@@H]4CCN(C(=O)C(F)(F)F)C[C@H]4O)nn23)nc1. The summed E-state index contributed by atoms with van der Waals surface area (Å²) in [6.45, 7) is 1.40. The molecule has 4 heterocycles. The Kier molecular flexibility index (Phi) is 5.06. The van der Waals surface area contributed by atoms with Gasteiger partial charge in [-0.1, -0.05) is 6.07 Å². The summed E-state index contributed by atoms with van der Waals surface area (Å²) in [5.74, 6) is -1.73. The van der Waals surface area contributed by atoms with E-state index in [0.717, 1.165) is 22.5 Å². The fourth-order valence-corrected chi connectivity index (χ4v) is 3.41. The van der Waals surface area contributed by atoms with E-state index >= 15 is 0 Å². The highest BCUT2D eigenvalue weighted by molar-refractivity contribution is 5.82. The zero-order valence-corrected chi connectivity index (χ0v) is 16.0. The second-order valence-electron chi connectivity index (χ2n) is 7.21. The van der Waals surface area contributed by atoms with Gasteiger partial charge in [0.25, 0.3) is 0 Å². The maximum atomic E-state index is 12.6. The van der Waals surface area contributed by atoms with Gasteiger partial charge in [0.05, 0.1) is 35.2 Å². The Morgan fingerprint density at radius 2 is 2.00 bits per heavy atom. The topological polar surface area (TPSA) is 95.7 Å². The number of aliphatic hydroxyl groups is 1. The van der Waals surface area contributed by atoms with Crippen LogP contribution in [0.1, 0.15) is 12.0 Å². The number of aryl methyl sites for hydroxylation is 1. The molecule has 2 atom stereocenters. The van der Waals surface area contributed by atoms with E-state index in [9.17, 15) is 23.1 Å². The van der Waals surface area contributed by atoms with Crippen LogP contribution in [0.2, 0.25) is 0 Å². The number of fused-ring (bicyclic) bond motifs is 1. The van der Waals surface area contributed by atoms with Crippen LogP contribution in [-0.4, -0.2) is 66.9 Å². The van der Waals surface area contributed by atoms with E-state index in [1.54, 1.807) is 16.9 Å². The summed E-state index contributed by atoms with van der Waals surface area (Å²) in [4.78, 5) is 20.6. The number of hydrogen-bond acceptors (Lipinski definition) is 6. The lowest BCUT2D eigenvalue weighted by Crippen LogP contribution is -2.54. The number of piperidine rings is 1. The fraction of sp³-hybridized carbons (Fsp3) is 0.368. The van der Waals surface area contributed by atoms with Gasteiger partial charge in [-0.2, -0.15) is 13.2 Å². The fourth-order valence-electron chi connectivity index (χ4n) is 3.41. The van der Waals surface area contributed by atoms with Crippen molar-refractivity contribution in [3.63, 3.8) is 0 Å². The van der Waals surface area contributed by atoms with Crippen molar-refractivity contribution in [3.05, 3.63) is 42.2 Å². The lowest BCUT2D eigenvalue weighted by molar-refractivity contribution is -0.188. The highest BCUT2D eigenvalue weighted by Gasteiger charge is 2.44. The molecule has 1 amide bonds. The molecule has 0 spiro atoms. The van der Waals surface area contributed by atoms with Gasteiger partial charge < -0.3 is 15.3 Å². The number of anilines is 1. The van der Waals surface area contributed by atoms with E-state index < -0.39 is 30.8 Å². The summed E-state index contributed by atoms with van der Waals surface area (Å²) < 4.78 is 39.5. The highest BCUT2D eigenvalue weighted by Crippen LogP contribution is 2.24. The molecule has 1 aliphatic heterocycles. The zero-order valence-electron chi connectivity index (χ0n) is 16.0. The normalized spacial score (nSPS) is 19.8. The molecule has 0 unspecified atom stereocenters. The van der Waals surface area contributed by atoms with Crippen molar-refractivity contribution in [1.82, 2.24) is 24.5 Å². The van der Waals surface area contributed by atoms with Gasteiger partial charge in [0.1, 0.15) is 0 Å². The minimum atomic E-state index is -4.96. The molecule has 2 N–H and O–H groups in total. The molecule has 0 saturated carbocycles. The Morgan fingerprint density at radius 1 is 1.20 bits per heavy atom. The molecule has 0 aliphatic carbocycles. The Labute approximate surface area is 169 Å². The Bertz CT molecular complexity index is 1070. The Balaban J connectivity index is 1.51. The van der Waals surface area contributed by atoms with Crippen LogP contribution < -0.4 is 5.32 Å². The van der Waals surface area contributed by atoms with E-state index in [0.29, 0.717) is 4.90 Å². The van der Waals surface area contributed by atoms with Crippen LogP contribution in [0, 0.1) is 6.92 Å². The third kappa shape index (κ3) is 3.92. The molecule has 3 aromatic heterocycles.